The Kier molecular flexibility index (Phi) is 2.82. The zero-order valence-electron chi connectivity index (χ0n) is 10.1. The van der Waals surface area contributed by atoms with Crippen molar-refractivity contribution >= 4 is 16.5 Å². The van der Waals surface area contributed by atoms with Crippen LogP contribution in [0.15, 0.2) is 36.7 Å². The lowest BCUT2D eigenvalue weighted by Crippen LogP contribution is -2.19. The highest BCUT2D eigenvalue weighted by Gasteiger charge is 2.10. The molecule has 0 saturated heterocycles. The predicted molar refractivity (Wildman–Crippen MR) is 69.7 cm³/mol. The van der Waals surface area contributed by atoms with Crippen molar-refractivity contribution < 1.29 is 0 Å². The number of pyridine rings is 1. The van der Waals surface area contributed by atoms with Gasteiger partial charge in [-0.1, -0.05) is 32.9 Å². The Morgan fingerprint density at radius 1 is 1.19 bits per heavy atom. The smallest absolute Gasteiger partial charge is 0.0421 e. The second-order valence-corrected chi connectivity index (χ2v) is 5.32. The van der Waals surface area contributed by atoms with Crippen LogP contribution >= 0.6 is 0 Å². The average Bonchev–Trinajstić information content (AvgIpc) is 2.25. The molecule has 0 aliphatic rings. The number of hydrogen-bond acceptors (Lipinski definition) is 2. The lowest BCUT2D eigenvalue weighted by molar-refractivity contribution is 0.443. The summed E-state index contributed by atoms with van der Waals surface area (Å²) in [6, 6.07) is 8.33. The third kappa shape index (κ3) is 2.51. The lowest BCUT2D eigenvalue weighted by atomic mass is 9.96. The molecule has 2 heteroatoms. The van der Waals surface area contributed by atoms with Gasteiger partial charge in [-0.2, -0.15) is 0 Å². The fourth-order valence-electron chi connectivity index (χ4n) is 1.64. The van der Waals surface area contributed by atoms with Gasteiger partial charge in [-0.3, -0.25) is 4.98 Å². The van der Waals surface area contributed by atoms with Gasteiger partial charge in [0.15, 0.2) is 0 Å². The summed E-state index contributed by atoms with van der Waals surface area (Å²) < 4.78 is 0. The Balaban J connectivity index is 2.30. The standard InChI is InChI=1S/C14H18N2/c1-14(2,3)10-16-13-6-4-5-11-9-15-8-7-12(11)13/h4-9,16H,10H2,1-3H3. The van der Waals surface area contributed by atoms with E-state index in [1.165, 1.54) is 16.5 Å². The van der Waals surface area contributed by atoms with Gasteiger partial charge < -0.3 is 5.32 Å². The molecule has 2 nitrogen and oxygen atoms in total. The molecule has 0 radical (unpaired) electrons. The van der Waals surface area contributed by atoms with E-state index in [-0.39, 0.29) is 5.41 Å². The molecule has 0 fully saturated rings. The monoisotopic (exact) mass is 214 g/mol. The lowest BCUT2D eigenvalue weighted by Gasteiger charge is -2.20. The molecule has 0 unspecified atom stereocenters. The first-order chi connectivity index (χ1) is 7.56. The molecule has 1 heterocycles. The maximum Gasteiger partial charge on any atom is 0.0421 e. The highest BCUT2D eigenvalue weighted by Crippen LogP contribution is 2.23. The van der Waals surface area contributed by atoms with E-state index in [4.69, 9.17) is 0 Å². The maximum absolute atomic E-state index is 4.14. The van der Waals surface area contributed by atoms with Crippen molar-refractivity contribution in [2.75, 3.05) is 11.9 Å². The third-order valence-corrected chi connectivity index (χ3v) is 2.49. The first-order valence-corrected chi connectivity index (χ1v) is 5.63. The number of hydrogen-bond donors (Lipinski definition) is 1. The van der Waals surface area contributed by atoms with E-state index in [1.807, 2.05) is 12.4 Å². The molecule has 84 valence electrons. The van der Waals surface area contributed by atoms with Gasteiger partial charge in [0, 0.05) is 35.4 Å². The molecule has 0 bridgehead atoms. The number of aromatic nitrogens is 1. The maximum atomic E-state index is 4.14. The van der Waals surface area contributed by atoms with Gasteiger partial charge >= 0.3 is 0 Å². The molecule has 0 saturated carbocycles. The Morgan fingerprint density at radius 2 is 2.00 bits per heavy atom. The first-order valence-electron chi connectivity index (χ1n) is 5.63. The molecule has 2 aromatic rings. The first kappa shape index (κ1) is 10.9. The van der Waals surface area contributed by atoms with E-state index in [1.54, 1.807) is 0 Å². The van der Waals surface area contributed by atoms with E-state index in [0.29, 0.717) is 0 Å². The Hall–Kier alpha value is -1.57. The third-order valence-electron chi connectivity index (χ3n) is 2.49. The molecule has 0 atom stereocenters. The fraction of sp³-hybridized carbons (Fsp3) is 0.357. The number of fused-ring (bicyclic) bond motifs is 1. The Bertz CT molecular complexity index is 478. The van der Waals surface area contributed by atoms with Crippen molar-refractivity contribution in [2.45, 2.75) is 20.8 Å². The van der Waals surface area contributed by atoms with Crippen LogP contribution < -0.4 is 5.32 Å². The summed E-state index contributed by atoms with van der Waals surface area (Å²) in [4.78, 5) is 4.14. The summed E-state index contributed by atoms with van der Waals surface area (Å²) in [5.74, 6) is 0. The minimum absolute atomic E-state index is 0.287. The largest absolute Gasteiger partial charge is 0.384 e. The number of rotatable bonds is 2. The normalized spacial score (nSPS) is 11.7. The number of benzene rings is 1. The zero-order chi connectivity index (χ0) is 11.6. The molecular weight excluding hydrogens is 196 g/mol. The summed E-state index contributed by atoms with van der Waals surface area (Å²) in [5.41, 5.74) is 1.48. The molecular formula is C14H18N2. The Morgan fingerprint density at radius 3 is 2.75 bits per heavy atom. The van der Waals surface area contributed by atoms with Crippen molar-refractivity contribution in [1.29, 1.82) is 0 Å². The van der Waals surface area contributed by atoms with Gasteiger partial charge in [-0.15, -0.1) is 0 Å². The SMILES string of the molecule is CC(C)(C)CNc1cccc2cnccc12. The van der Waals surface area contributed by atoms with Gasteiger partial charge in [0.25, 0.3) is 0 Å². The van der Waals surface area contributed by atoms with E-state index in [9.17, 15) is 0 Å². The molecule has 1 N–H and O–H groups in total. The molecule has 1 aromatic heterocycles. The second-order valence-electron chi connectivity index (χ2n) is 5.32. The van der Waals surface area contributed by atoms with Crippen LogP contribution in [-0.2, 0) is 0 Å². The summed E-state index contributed by atoms with van der Waals surface area (Å²) >= 11 is 0. The predicted octanol–water partition coefficient (Wildman–Crippen LogP) is 3.69. The molecule has 0 amide bonds. The molecule has 0 spiro atoms. The molecule has 1 aromatic carbocycles. The minimum atomic E-state index is 0.287. The second kappa shape index (κ2) is 4.12. The van der Waals surface area contributed by atoms with Gasteiger partial charge in [0.2, 0.25) is 0 Å². The summed E-state index contributed by atoms with van der Waals surface area (Å²) in [6.45, 7) is 7.65. The quantitative estimate of drug-likeness (QED) is 0.824. The van der Waals surface area contributed by atoms with Crippen molar-refractivity contribution in [2.24, 2.45) is 5.41 Å². The number of nitrogens with one attached hydrogen (secondary N) is 1. The van der Waals surface area contributed by atoms with Crippen LogP contribution in [0.25, 0.3) is 10.8 Å². The minimum Gasteiger partial charge on any atom is -0.384 e. The van der Waals surface area contributed by atoms with E-state index in [2.05, 4.69) is 55.3 Å². The van der Waals surface area contributed by atoms with E-state index >= 15 is 0 Å². The van der Waals surface area contributed by atoms with Crippen LogP contribution in [0.5, 0.6) is 0 Å². The fourth-order valence-corrected chi connectivity index (χ4v) is 1.64. The molecule has 0 aliphatic heterocycles. The van der Waals surface area contributed by atoms with Crippen LogP contribution in [0.2, 0.25) is 0 Å². The van der Waals surface area contributed by atoms with Crippen LogP contribution in [0.4, 0.5) is 5.69 Å². The van der Waals surface area contributed by atoms with Crippen molar-refractivity contribution in [3.63, 3.8) is 0 Å². The van der Waals surface area contributed by atoms with Gasteiger partial charge in [-0.25, -0.2) is 0 Å². The average molecular weight is 214 g/mol. The topological polar surface area (TPSA) is 24.9 Å². The molecule has 2 rings (SSSR count). The summed E-state index contributed by atoms with van der Waals surface area (Å²) in [6.07, 6.45) is 3.74. The van der Waals surface area contributed by atoms with Crippen molar-refractivity contribution in [1.82, 2.24) is 4.98 Å². The van der Waals surface area contributed by atoms with Crippen molar-refractivity contribution in [3.8, 4) is 0 Å². The van der Waals surface area contributed by atoms with Crippen LogP contribution in [0.3, 0.4) is 0 Å². The van der Waals surface area contributed by atoms with Crippen LogP contribution in [-0.4, -0.2) is 11.5 Å². The number of nitrogens with zero attached hydrogens (tertiary/aromatic N) is 1. The van der Waals surface area contributed by atoms with Gasteiger partial charge in [-0.05, 0) is 17.5 Å². The molecule has 0 aliphatic carbocycles. The highest BCUT2D eigenvalue weighted by molar-refractivity contribution is 5.93. The van der Waals surface area contributed by atoms with Crippen LogP contribution in [0.1, 0.15) is 20.8 Å². The van der Waals surface area contributed by atoms with E-state index in [0.717, 1.165) is 6.54 Å². The van der Waals surface area contributed by atoms with E-state index < -0.39 is 0 Å². The van der Waals surface area contributed by atoms with Gasteiger partial charge in [0.05, 0.1) is 0 Å². The zero-order valence-corrected chi connectivity index (χ0v) is 10.1. The van der Waals surface area contributed by atoms with Crippen molar-refractivity contribution in [3.05, 3.63) is 36.7 Å². The number of anilines is 1. The highest BCUT2D eigenvalue weighted by atomic mass is 14.9. The van der Waals surface area contributed by atoms with Crippen LogP contribution in [0, 0.1) is 5.41 Å². The molecule has 16 heavy (non-hydrogen) atoms. The summed E-state index contributed by atoms with van der Waals surface area (Å²) in [7, 11) is 0. The van der Waals surface area contributed by atoms with Gasteiger partial charge in [0.1, 0.15) is 0 Å². The Labute approximate surface area is 96.7 Å². The summed E-state index contributed by atoms with van der Waals surface area (Å²) in [5, 5.41) is 5.92.